The smallest absolute Gasteiger partial charge is 0.319 e. The first-order chi connectivity index (χ1) is 14.4. The Bertz CT molecular complexity index is 1130. The van der Waals surface area contributed by atoms with Crippen LogP contribution in [0.5, 0.6) is 0 Å². The summed E-state index contributed by atoms with van der Waals surface area (Å²) in [6, 6.07) is 18.8. The molecule has 1 aliphatic rings. The van der Waals surface area contributed by atoms with Gasteiger partial charge in [-0.2, -0.15) is 0 Å². The summed E-state index contributed by atoms with van der Waals surface area (Å²) in [6.07, 6.45) is 0.486. The summed E-state index contributed by atoms with van der Waals surface area (Å²) in [5, 5.41) is 8.04. The molecular weight excluding hydrogens is 378 g/mol. The molecule has 3 aromatic rings. The molecule has 0 unspecified atom stereocenters. The lowest BCUT2D eigenvalue weighted by molar-refractivity contribution is -0.121. The van der Waals surface area contributed by atoms with Gasteiger partial charge in [-0.15, -0.1) is 0 Å². The fourth-order valence-electron chi connectivity index (χ4n) is 3.90. The van der Waals surface area contributed by atoms with Crippen LogP contribution in [0.1, 0.15) is 36.9 Å². The molecule has 30 heavy (non-hydrogen) atoms. The number of carbonyl (C=O) groups is 3. The Hall–Kier alpha value is -3.67. The minimum atomic E-state index is -0.323. The number of nitrogens with zero attached hydrogens (tertiary/aromatic N) is 1. The third kappa shape index (κ3) is 3.76. The fourth-order valence-corrected chi connectivity index (χ4v) is 3.90. The summed E-state index contributed by atoms with van der Waals surface area (Å²) in [7, 11) is 0. The van der Waals surface area contributed by atoms with Crippen molar-refractivity contribution in [1.29, 1.82) is 0 Å². The van der Waals surface area contributed by atoms with Crippen LogP contribution < -0.4 is 15.5 Å². The van der Waals surface area contributed by atoms with Crippen LogP contribution >= 0.6 is 0 Å². The predicted molar refractivity (Wildman–Crippen MR) is 117 cm³/mol. The van der Waals surface area contributed by atoms with Gasteiger partial charge in [0.2, 0.25) is 11.8 Å². The minimum Gasteiger partial charge on any atom is -0.331 e. The van der Waals surface area contributed by atoms with Crippen molar-refractivity contribution in [3.63, 3.8) is 0 Å². The van der Waals surface area contributed by atoms with Crippen LogP contribution in [-0.4, -0.2) is 17.8 Å². The van der Waals surface area contributed by atoms with E-state index in [0.717, 1.165) is 21.9 Å². The molecule has 6 heteroatoms. The van der Waals surface area contributed by atoms with E-state index in [0.29, 0.717) is 11.4 Å². The van der Waals surface area contributed by atoms with Crippen LogP contribution in [0, 0.1) is 6.92 Å². The SMILES string of the molecule is Cc1cc(NC(=O)N[C@@H](C)c2cccc3ccccc23)ccc1N1C(=O)CCC1=O. The molecule has 0 aromatic heterocycles. The third-order valence-electron chi connectivity index (χ3n) is 5.38. The summed E-state index contributed by atoms with van der Waals surface area (Å²) >= 11 is 0. The van der Waals surface area contributed by atoms with Gasteiger partial charge in [0.15, 0.2) is 0 Å². The van der Waals surface area contributed by atoms with E-state index in [1.165, 1.54) is 4.90 Å². The first-order valence-electron chi connectivity index (χ1n) is 9.95. The molecule has 0 radical (unpaired) electrons. The average Bonchev–Trinajstić information content (AvgIpc) is 3.06. The Labute approximate surface area is 174 Å². The summed E-state index contributed by atoms with van der Waals surface area (Å²) in [4.78, 5) is 37.7. The number of imide groups is 1. The van der Waals surface area contributed by atoms with Gasteiger partial charge in [-0.25, -0.2) is 4.79 Å². The second kappa shape index (κ2) is 7.99. The number of carbonyl (C=O) groups excluding carboxylic acids is 3. The lowest BCUT2D eigenvalue weighted by Gasteiger charge is -2.19. The Kier molecular flexibility index (Phi) is 5.23. The molecule has 1 atom stereocenters. The molecule has 152 valence electrons. The van der Waals surface area contributed by atoms with Crippen LogP contribution in [0.15, 0.2) is 60.7 Å². The molecule has 1 aliphatic heterocycles. The van der Waals surface area contributed by atoms with Crippen molar-refractivity contribution >= 4 is 40.0 Å². The van der Waals surface area contributed by atoms with E-state index in [-0.39, 0.29) is 36.7 Å². The number of nitrogens with one attached hydrogen (secondary N) is 2. The van der Waals surface area contributed by atoms with Crippen LogP contribution in [0.25, 0.3) is 10.8 Å². The highest BCUT2D eigenvalue weighted by atomic mass is 16.2. The van der Waals surface area contributed by atoms with Crippen molar-refractivity contribution in [1.82, 2.24) is 5.32 Å². The van der Waals surface area contributed by atoms with Crippen molar-refractivity contribution in [2.75, 3.05) is 10.2 Å². The number of urea groups is 1. The molecule has 0 spiro atoms. The molecule has 2 N–H and O–H groups in total. The van der Waals surface area contributed by atoms with Gasteiger partial charge in [-0.3, -0.25) is 14.5 Å². The van der Waals surface area contributed by atoms with E-state index in [4.69, 9.17) is 0 Å². The predicted octanol–water partition coefficient (Wildman–Crippen LogP) is 4.68. The topological polar surface area (TPSA) is 78.5 Å². The number of amides is 4. The first kappa shape index (κ1) is 19.6. The molecule has 3 aromatic carbocycles. The van der Waals surface area contributed by atoms with E-state index in [2.05, 4.69) is 10.6 Å². The summed E-state index contributed by atoms with van der Waals surface area (Å²) < 4.78 is 0. The molecule has 4 rings (SSSR count). The highest BCUT2D eigenvalue weighted by Crippen LogP contribution is 2.28. The van der Waals surface area contributed by atoms with Gasteiger partial charge in [0.25, 0.3) is 0 Å². The summed E-state index contributed by atoms with van der Waals surface area (Å²) in [5.41, 5.74) is 2.95. The average molecular weight is 401 g/mol. The van der Waals surface area contributed by atoms with Gasteiger partial charge in [0.05, 0.1) is 11.7 Å². The quantitative estimate of drug-likeness (QED) is 0.623. The third-order valence-corrected chi connectivity index (χ3v) is 5.38. The van der Waals surface area contributed by atoms with E-state index in [9.17, 15) is 14.4 Å². The molecule has 0 bridgehead atoms. The van der Waals surface area contributed by atoms with Crippen molar-refractivity contribution in [2.24, 2.45) is 0 Å². The van der Waals surface area contributed by atoms with E-state index >= 15 is 0 Å². The van der Waals surface area contributed by atoms with Gasteiger partial charge in [-0.1, -0.05) is 42.5 Å². The molecule has 1 saturated heterocycles. The van der Waals surface area contributed by atoms with E-state index in [1.54, 1.807) is 18.2 Å². The number of hydrogen-bond donors (Lipinski definition) is 2. The number of rotatable bonds is 4. The summed E-state index contributed by atoms with van der Waals surface area (Å²) in [5.74, 6) is -0.379. The molecule has 1 heterocycles. The first-order valence-corrected chi connectivity index (χ1v) is 9.95. The zero-order valence-corrected chi connectivity index (χ0v) is 16.9. The Morgan fingerprint density at radius 3 is 2.40 bits per heavy atom. The van der Waals surface area contributed by atoms with Gasteiger partial charge < -0.3 is 10.6 Å². The van der Waals surface area contributed by atoms with Crippen molar-refractivity contribution < 1.29 is 14.4 Å². The highest BCUT2D eigenvalue weighted by Gasteiger charge is 2.31. The van der Waals surface area contributed by atoms with Crippen molar-refractivity contribution in [2.45, 2.75) is 32.7 Å². The monoisotopic (exact) mass is 401 g/mol. The fraction of sp³-hybridized carbons (Fsp3) is 0.208. The maximum absolute atomic E-state index is 12.5. The molecule has 4 amide bonds. The normalized spacial score (nSPS) is 14.8. The van der Waals surface area contributed by atoms with Gasteiger partial charge in [-0.05, 0) is 53.9 Å². The second-order valence-electron chi connectivity index (χ2n) is 7.51. The van der Waals surface area contributed by atoms with E-state index in [1.807, 2.05) is 56.3 Å². The largest absolute Gasteiger partial charge is 0.331 e. The number of benzene rings is 3. The zero-order valence-electron chi connectivity index (χ0n) is 16.9. The number of aryl methyl sites for hydroxylation is 1. The van der Waals surface area contributed by atoms with Crippen molar-refractivity contribution in [3.05, 3.63) is 71.8 Å². The van der Waals surface area contributed by atoms with E-state index < -0.39 is 0 Å². The maximum atomic E-state index is 12.5. The Morgan fingerprint density at radius 2 is 1.67 bits per heavy atom. The minimum absolute atomic E-state index is 0.184. The number of fused-ring (bicyclic) bond motifs is 1. The maximum Gasteiger partial charge on any atom is 0.319 e. The molecule has 0 aliphatic carbocycles. The summed E-state index contributed by atoms with van der Waals surface area (Å²) in [6.45, 7) is 3.76. The number of anilines is 2. The standard InChI is InChI=1S/C24H23N3O3/c1-15-14-18(10-11-21(15)27-22(28)12-13-23(27)29)26-24(30)25-16(2)19-9-5-7-17-6-3-4-8-20(17)19/h3-11,14,16H,12-13H2,1-2H3,(H2,25,26,30)/t16-/m0/s1. The molecule has 1 fully saturated rings. The number of hydrogen-bond acceptors (Lipinski definition) is 3. The Balaban J connectivity index is 1.47. The Morgan fingerprint density at radius 1 is 0.967 bits per heavy atom. The van der Waals surface area contributed by atoms with Crippen LogP contribution in [0.3, 0.4) is 0 Å². The lowest BCUT2D eigenvalue weighted by atomic mass is 10.00. The van der Waals surface area contributed by atoms with Gasteiger partial charge in [0.1, 0.15) is 0 Å². The molecular formula is C24H23N3O3. The second-order valence-corrected chi connectivity index (χ2v) is 7.51. The van der Waals surface area contributed by atoms with Crippen molar-refractivity contribution in [3.8, 4) is 0 Å². The highest BCUT2D eigenvalue weighted by molar-refractivity contribution is 6.20. The van der Waals surface area contributed by atoms with Crippen LogP contribution in [-0.2, 0) is 9.59 Å². The molecule has 6 nitrogen and oxygen atoms in total. The van der Waals surface area contributed by atoms with Crippen LogP contribution in [0.2, 0.25) is 0 Å². The zero-order chi connectivity index (χ0) is 21.3. The van der Waals surface area contributed by atoms with Crippen LogP contribution in [0.4, 0.5) is 16.2 Å². The van der Waals surface area contributed by atoms with Gasteiger partial charge >= 0.3 is 6.03 Å². The molecule has 0 saturated carbocycles. The lowest BCUT2D eigenvalue weighted by Crippen LogP contribution is -2.31. The van der Waals surface area contributed by atoms with Gasteiger partial charge in [0, 0.05) is 18.5 Å².